The van der Waals surface area contributed by atoms with Crippen LogP contribution in [0.5, 0.6) is 5.75 Å². The second-order valence-corrected chi connectivity index (χ2v) is 2.62. The molecule has 16 heavy (non-hydrogen) atoms. The summed E-state index contributed by atoms with van der Waals surface area (Å²) < 4.78 is 4.75. The fourth-order valence-corrected chi connectivity index (χ4v) is 1.15. The quantitative estimate of drug-likeness (QED) is 0.329. The standard InChI is InChI=1S/C9H6N2O5/c1-16-8-6(9(13)10-5-12)3-2-4-7(8)11(14)15/h2-4H,1H3. The van der Waals surface area contributed by atoms with Gasteiger partial charge in [-0.1, -0.05) is 6.07 Å². The minimum Gasteiger partial charge on any atom is -0.490 e. The summed E-state index contributed by atoms with van der Waals surface area (Å²) in [5, 5.41) is 10.6. The zero-order chi connectivity index (χ0) is 12.1. The summed E-state index contributed by atoms with van der Waals surface area (Å²) in [5.74, 6) is -1.16. The average Bonchev–Trinajstić information content (AvgIpc) is 2.28. The van der Waals surface area contributed by atoms with E-state index in [2.05, 4.69) is 4.99 Å². The fraction of sp³-hybridized carbons (Fsp3) is 0.111. The maximum absolute atomic E-state index is 11.3. The number of amides is 1. The van der Waals surface area contributed by atoms with Gasteiger partial charge in [0.1, 0.15) is 0 Å². The van der Waals surface area contributed by atoms with Gasteiger partial charge >= 0.3 is 5.69 Å². The van der Waals surface area contributed by atoms with Crippen molar-refractivity contribution in [3.8, 4) is 5.75 Å². The van der Waals surface area contributed by atoms with E-state index < -0.39 is 10.8 Å². The van der Waals surface area contributed by atoms with Crippen molar-refractivity contribution in [3.05, 3.63) is 33.9 Å². The largest absolute Gasteiger partial charge is 0.490 e. The van der Waals surface area contributed by atoms with Crippen molar-refractivity contribution < 1.29 is 19.2 Å². The maximum Gasteiger partial charge on any atom is 0.311 e. The van der Waals surface area contributed by atoms with Crippen molar-refractivity contribution in [2.45, 2.75) is 0 Å². The van der Waals surface area contributed by atoms with Crippen LogP contribution in [0.15, 0.2) is 23.2 Å². The number of ether oxygens (including phenoxy) is 1. The molecule has 0 aliphatic rings. The average molecular weight is 222 g/mol. The Morgan fingerprint density at radius 1 is 1.56 bits per heavy atom. The molecule has 0 saturated carbocycles. The highest BCUT2D eigenvalue weighted by Gasteiger charge is 2.22. The topological polar surface area (TPSA) is 98.9 Å². The van der Waals surface area contributed by atoms with E-state index in [1.165, 1.54) is 25.3 Å². The molecule has 1 aromatic rings. The lowest BCUT2D eigenvalue weighted by molar-refractivity contribution is -0.385. The molecule has 1 amide bonds. The van der Waals surface area contributed by atoms with Crippen LogP contribution in [-0.4, -0.2) is 24.0 Å². The van der Waals surface area contributed by atoms with Gasteiger partial charge in [-0.05, 0) is 6.07 Å². The Hall–Kier alpha value is -2.53. The van der Waals surface area contributed by atoms with Crippen LogP contribution in [0.25, 0.3) is 0 Å². The van der Waals surface area contributed by atoms with E-state index in [-0.39, 0.29) is 17.0 Å². The molecular weight excluding hydrogens is 216 g/mol. The summed E-state index contributed by atoms with van der Waals surface area (Å²) in [5.41, 5.74) is -0.519. The second-order valence-electron chi connectivity index (χ2n) is 2.62. The van der Waals surface area contributed by atoms with E-state index in [1.807, 2.05) is 0 Å². The second kappa shape index (κ2) is 4.81. The first kappa shape index (κ1) is 11.5. The lowest BCUT2D eigenvalue weighted by Gasteiger charge is -2.04. The SMILES string of the molecule is COc1c(C(=O)N=C=O)cccc1[N+](=O)[O-]. The summed E-state index contributed by atoms with van der Waals surface area (Å²) in [6.07, 6.45) is 1.07. The number of carbonyl (C=O) groups excluding carboxylic acids is 2. The molecule has 0 N–H and O–H groups in total. The lowest BCUT2D eigenvalue weighted by Crippen LogP contribution is -2.02. The molecule has 0 unspecified atom stereocenters. The Bertz CT molecular complexity index is 491. The molecule has 0 saturated heterocycles. The predicted octanol–water partition coefficient (Wildman–Crippen LogP) is 1.08. The minimum atomic E-state index is -0.935. The number of nitrogens with zero attached hydrogens (tertiary/aromatic N) is 2. The van der Waals surface area contributed by atoms with Crippen LogP contribution in [0.1, 0.15) is 10.4 Å². The van der Waals surface area contributed by atoms with Gasteiger partial charge in [-0.3, -0.25) is 14.9 Å². The monoisotopic (exact) mass is 222 g/mol. The van der Waals surface area contributed by atoms with Crippen molar-refractivity contribution in [1.82, 2.24) is 0 Å². The molecule has 0 atom stereocenters. The van der Waals surface area contributed by atoms with Crippen molar-refractivity contribution in [2.75, 3.05) is 7.11 Å². The number of isocyanates is 1. The van der Waals surface area contributed by atoms with Crippen LogP contribution < -0.4 is 4.74 Å². The third-order valence-electron chi connectivity index (χ3n) is 1.77. The summed E-state index contributed by atoms with van der Waals surface area (Å²) in [6.45, 7) is 0. The summed E-state index contributed by atoms with van der Waals surface area (Å²) >= 11 is 0. The summed E-state index contributed by atoms with van der Waals surface area (Å²) in [4.78, 5) is 34.0. The van der Waals surface area contributed by atoms with Gasteiger partial charge < -0.3 is 4.74 Å². The normalized spacial score (nSPS) is 9.06. The van der Waals surface area contributed by atoms with Gasteiger partial charge in [-0.15, -0.1) is 4.99 Å². The first-order chi connectivity index (χ1) is 7.61. The Kier molecular flexibility index (Phi) is 3.47. The van der Waals surface area contributed by atoms with Crippen LogP contribution in [0.4, 0.5) is 5.69 Å². The van der Waals surface area contributed by atoms with Gasteiger partial charge in [-0.25, -0.2) is 4.79 Å². The number of benzene rings is 1. The van der Waals surface area contributed by atoms with Gasteiger partial charge in [0.15, 0.2) is 0 Å². The van der Waals surface area contributed by atoms with E-state index >= 15 is 0 Å². The van der Waals surface area contributed by atoms with E-state index in [1.54, 1.807) is 0 Å². The highest BCUT2D eigenvalue weighted by molar-refractivity contribution is 6.00. The van der Waals surface area contributed by atoms with Gasteiger partial charge in [0.2, 0.25) is 11.8 Å². The smallest absolute Gasteiger partial charge is 0.311 e. The molecule has 0 aliphatic heterocycles. The molecule has 0 fully saturated rings. The van der Waals surface area contributed by atoms with E-state index in [0.717, 1.165) is 6.08 Å². The molecule has 0 aliphatic carbocycles. The number of methoxy groups -OCH3 is 1. The fourth-order valence-electron chi connectivity index (χ4n) is 1.15. The minimum absolute atomic E-state index is 0.153. The number of aliphatic imine (C=N–C) groups is 1. The van der Waals surface area contributed by atoms with Crippen LogP contribution in [0.2, 0.25) is 0 Å². The summed E-state index contributed by atoms with van der Waals surface area (Å²) in [6, 6.07) is 3.75. The highest BCUT2D eigenvalue weighted by Crippen LogP contribution is 2.30. The first-order valence-corrected chi connectivity index (χ1v) is 4.05. The number of para-hydroxylation sites is 1. The molecule has 0 aromatic heterocycles. The Balaban J connectivity index is 3.40. The van der Waals surface area contributed by atoms with Crippen molar-refractivity contribution in [2.24, 2.45) is 4.99 Å². The summed E-state index contributed by atoms with van der Waals surface area (Å²) in [7, 11) is 1.18. The molecule has 0 radical (unpaired) electrons. The molecule has 82 valence electrons. The molecule has 1 aromatic carbocycles. The molecule has 0 bridgehead atoms. The van der Waals surface area contributed by atoms with Crippen LogP contribution in [0.3, 0.4) is 0 Å². The third kappa shape index (κ3) is 2.10. The van der Waals surface area contributed by atoms with E-state index in [4.69, 9.17) is 4.74 Å². The number of carbonyl (C=O) groups is 1. The molecule has 7 heteroatoms. The van der Waals surface area contributed by atoms with Crippen LogP contribution in [-0.2, 0) is 4.79 Å². The lowest BCUT2D eigenvalue weighted by atomic mass is 10.1. The zero-order valence-corrected chi connectivity index (χ0v) is 8.17. The van der Waals surface area contributed by atoms with Crippen molar-refractivity contribution >= 4 is 17.7 Å². The van der Waals surface area contributed by atoms with Crippen molar-refractivity contribution in [3.63, 3.8) is 0 Å². The first-order valence-electron chi connectivity index (χ1n) is 4.05. The van der Waals surface area contributed by atoms with Crippen LogP contribution in [0, 0.1) is 10.1 Å². The zero-order valence-electron chi connectivity index (χ0n) is 8.17. The number of hydrogen-bond acceptors (Lipinski definition) is 5. The Labute approximate surface area is 89.5 Å². The van der Waals surface area contributed by atoms with Gasteiger partial charge in [-0.2, -0.15) is 0 Å². The number of hydrogen-bond donors (Lipinski definition) is 0. The molecule has 0 heterocycles. The maximum atomic E-state index is 11.3. The number of rotatable bonds is 3. The molecule has 0 spiro atoms. The highest BCUT2D eigenvalue weighted by atomic mass is 16.6. The number of nitro groups is 1. The van der Waals surface area contributed by atoms with Crippen molar-refractivity contribution in [1.29, 1.82) is 0 Å². The molecular formula is C9H6N2O5. The number of nitro benzene ring substituents is 1. The molecule has 1 rings (SSSR count). The third-order valence-corrected chi connectivity index (χ3v) is 1.77. The van der Waals surface area contributed by atoms with Crippen LogP contribution >= 0.6 is 0 Å². The Morgan fingerprint density at radius 2 is 2.25 bits per heavy atom. The van der Waals surface area contributed by atoms with Gasteiger partial charge in [0.05, 0.1) is 17.6 Å². The van der Waals surface area contributed by atoms with E-state index in [0.29, 0.717) is 0 Å². The predicted molar refractivity (Wildman–Crippen MR) is 52.1 cm³/mol. The van der Waals surface area contributed by atoms with E-state index in [9.17, 15) is 19.7 Å². The molecule has 7 nitrogen and oxygen atoms in total. The van der Waals surface area contributed by atoms with Gasteiger partial charge in [0.25, 0.3) is 5.91 Å². The Morgan fingerprint density at radius 3 is 2.75 bits per heavy atom. The van der Waals surface area contributed by atoms with Gasteiger partial charge in [0, 0.05) is 6.07 Å².